The summed E-state index contributed by atoms with van der Waals surface area (Å²) in [6.07, 6.45) is 0. The van der Waals surface area contributed by atoms with Crippen LogP contribution in [0.4, 0.5) is 0 Å². The normalized spacial score (nSPS) is 12.2. The Balaban J connectivity index is 1.22. The molecule has 11 aromatic rings. The zero-order valence-electron chi connectivity index (χ0n) is 27.9. The Morgan fingerprint density at radius 2 is 0.740 bits per heavy atom. The molecule has 0 saturated heterocycles. The molecule has 2 nitrogen and oxygen atoms in total. The maximum atomic E-state index is 2.49. The Morgan fingerprint density at radius 1 is 0.300 bits per heavy atom. The highest BCUT2D eigenvalue weighted by molar-refractivity contribution is 6.23. The van der Waals surface area contributed by atoms with Crippen LogP contribution in [0.1, 0.15) is 11.1 Å². The van der Waals surface area contributed by atoms with Gasteiger partial charge in [0.2, 0.25) is 0 Å². The van der Waals surface area contributed by atoms with E-state index < -0.39 is 0 Å². The molecule has 0 amide bonds. The van der Waals surface area contributed by atoms with Crippen LogP contribution in [0.3, 0.4) is 0 Å². The van der Waals surface area contributed by atoms with Crippen molar-refractivity contribution in [2.45, 2.75) is 13.8 Å². The summed E-state index contributed by atoms with van der Waals surface area (Å²) in [6.45, 7) is 4.38. The Hall–Kier alpha value is -6.38. The van der Waals surface area contributed by atoms with Crippen molar-refractivity contribution in [1.29, 1.82) is 0 Å². The first-order valence-electron chi connectivity index (χ1n) is 17.4. The Morgan fingerprint density at radius 3 is 1.22 bits per heavy atom. The molecule has 9 aromatic carbocycles. The monoisotopic (exact) mass is 636 g/mol. The lowest BCUT2D eigenvalue weighted by Gasteiger charge is -2.16. The third-order valence-electron chi connectivity index (χ3n) is 10.9. The molecule has 0 N–H and O–H groups in total. The van der Waals surface area contributed by atoms with Crippen molar-refractivity contribution in [2.24, 2.45) is 0 Å². The van der Waals surface area contributed by atoms with Gasteiger partial charge in [0.15, 0.2) is 0 Å². The summed E-state index contributed by atoms with van der Waals surface area (Å²) in [4.78, 5) is 0. The summed E-state index contributed by atoms with van der Waals surface area (Å²) in [6, 6.07) is 58.8. The number of rotatable bonds is 2. The number of hydrogen-bond acceptors (Lipinski definition) is 0. The van der Waals surface area contributed by atoms with Crippen LogP contribution >= 0.6 is 0 Å². The lowest BCUT2D eigenvalue weighted by atomic mass is 10.0. The highest BCUT2D eigenvalue weighted by Crippen LogP contribution is 2.42. The van der Waals surface area contributed by atoms with E-state index >= 15 is 0 Å². The minimum Gasteiger partial charge on any atom is -0.309 e. The highest BCUT2D eigenvalue weighted by atomic mass is 15.0. The highest BCUT2D eigenvalue weighted by Gasteiger charge is 2.19. The van der Waals surface area contributed by atoms with Crippen LogP contribution in [0.25, 0.3) is 98.1 Å². The van der Waals surface area contributed by atoms with Gasteiger partial charge in [-0.3, -0.25) is 0 Å². The first kappa shape index (κ1) is 27.6. The number of aryl methyl sites for hydroxylation is 2. The minimum atomic E-state index is 1.20. The molecule has 2 heterocycles. The van der Waals surface area contributed by atoms with Gasteiger partial charge in [0.05, 0.1) is 33.4 Å². The summed E-state index contributed by atoms with van der Waals surface area (Å²) >= 11 is 0. The van der Waals surface area contributed by atoms with E-state index in [4.69, 9.17) is 0 Å². The van der Waals surface area contributed by atoms with Gasteiger partial charge in [-0.25, -0.2) is 0 Å². The number of fused-ring (bicyclic) bond motifs is 12. The van der Waals surface area contributed by atoms with Gasteiger partial charge in [0.1, 0.15) is 0 Å². The van der Waals surface area contributed by atoms with Gasteiger partial charge in [-0.05, 0) is 106 Å². The minimum absolute atomic E-state index is 1.20. The van der Waals surface area contributed by atoms with Crippen LogP contribution in [0, 0.1) is 13.8 Å². The maximum absolute atomic E-state index is 2.49. The van der Waals surface area contributed by atoms with Crippen molar-refractivity contribution >= 4 is 86.7 Å². The van der Waals surface area contributed by atoms with Crippen LogP contribution < -0.4 is 0 Å². The molecule has 0 aliphatic rings. The molecular weight excluding hydrogens is 605 g/mol. The van der Waals surface area contributed by atoms with E-state index in [-0.39, 0.29) is 0 Å². The molecule has 0 radical (unpaired) electrons. The molecule has 0 aliphatic heterocycles. The molecule has 2 aromatic heterocycles. The van der Waals surface area contributed by atoms with E-state index in [0.717, 1.165) is 0 Å². The van der Waals surface area contributed by atoms with Gasteiger partial charge in [0.25, 0.3) is 0 Å². The third kappa shape index (κ3) is 3.73. The number of hydrogen-bond donors (Lipinski definition) is 0. The van der Waals surface area contributed by atoms with Crippen molar-refractivity contribution in [3.63, 3.8) is 0 Å². The van der Waals surface area contributed by atoms with E-state index in [1.54, 1.807) is 0 Å². The van der Waals surface area contributed by atoms with Gasteiger partial charge < -0.3 is 9.13 Å². The summed E-state index contributed by atoms with van der Waals surface area (Å²) in [5.74, 6) is 0. The topological polar surface area (TPSA) is 9.86 Å². The first-order valence-corrected chi connectivity index (χ1v) is 17.4. The maximum Gasteiger partial charge on any atom is 0.0547 e. The lowest BCUT2D eigenvalue weighted by Crippen LogP contribution is -1.98. The largest absolute Gasteiger partial charge is 0.309 e. The van der Waals surface area contributed by atoms with E-state index in [1.165, 1.54) is 109 Å². The fourth-order valence-electron chi connectivity index (χ4n) is 8.72. The molecular formula is C48H32N2. The summed E-state index contributed by atoms with van der Waals surface area (Å²) in [7, 11) is 0. The van der Waals surface area contributed by atoms with Gasteiger partial charge in [-0.1, -0.05) is 109 Å². The smallest absolute Gasteiger partial charge is 0.0547 e. The SMILES string of the molecule is Cc1ccc2c3c4ccccc4ccc3n(-c3cccc4cc5c(-n6c7cc(C)ccc7c7c8ccccc8ccc76)cccc5cc34)c2c1. The summed E-state index contributed by atoms with van der Waals surface area (Å²) < 4.78 is 4.98. The van der Waals surface area contributed by atoms with Crippen molar-refractivity contribution in [1.82, 2.24) is 9.13 Å². The fourth-order valence-corrected chi connectivity index (χ4v) is 8.72. The third-order valence-corrected chi connectivity index (χ3v) is 10.9. The quantitative estimate of drug-likeness (QED) is 0.167. The number of nitrogens with zero attached hydrogens (tertiary/aromatic N) is 2. The Bertz CT molecular complexity index is 3010. The van der Waals surface area contributed by atoms with E-state index in [1.807, 2.05) is 0 Å². The fraction of sp³-hybridized carbons (Fsp3) is 0.0417. The van der Waals surface area contributed by atoms with Crippen molar-refractivity contribution < 1.29 is 0 Å². The molecule has 0 bridgehead atoms. The average molecular weight is 637 g/mol. The Labute approximate surface area is 289 Å². The predicted molar refractivity (Wildman–Crippen MR) is 215 cm³/mol. The molecule has 0 atom stereocenters. The van der Waals surface area contributed by atoms with Crippen LogP contribution in [-0.4, -0.2) is 9.13 Å². The molecule has 234 valence electrons. The summed E-state index contributed by atoms with van der Waals surface area (Å²) in [5.41, 5.74) is 9.88. The van der Waals surface area contributed by atoms with Crippen LogP contribution in [-0.2, 0) is 0 Å². The molecule has 0 saturated carbocycles. The first-order chi connectivity index (χ1) is 24.6. The molecule has 11 rings (SSSR count). The van der Waals surface area contributed by atoms with Gasteiger partial charge in [0, 0.05) is 32.3 Å². The number of benzene rings is 9. The zero-order valence-corrected chi connectivity index (χ0v) is 27.9. The molecule has 0 fully saturated rings. The predicted octanol–water partition coefficient (Wildman–Crippen LogP) is 13.1. The second kappa shape index (κ2) is 10.1. The second-order valence-electron chi connectivity index (χ2n) is 13.9. The molecule has 0 spiro atoms. The van der Waals surface area contributed by atoms with E-state index in [0.29, 0.717) is 0 Å². The van der Waals surface area contributed by atoms with Crippen molar-refractivity contribution in [3.8, 4) is 11.4 Å². The molecule has 2 heteroatoms. The van der Waals surface area contributed by atoms with Crippen LogP contribution in [0.2, 0.25) is 0 Å². The second-order valence-corrected chi connectivity index (χ2v) is 13.9. The summed E-state index contributed by atoms with van der Waals surface area (Å²) in [5, 5.41) is 15.3. The van der Waals surface area contributed by atoms with Crippen molar-refractivity contribution in [3.05, 3.63) is 169 Å². The van der Waals surface area contributed by atoms with Crippen LogP contribution in [0.5, 0.6) is 0 Å². The van der Waals surface area contributed by atoms with Gasteiger partial charge in [-0.2, -0.15) is 0 Å². The standard InChI is InChI=1S/C48H32N2/c1-29-17-21-37-45(25-29)49(43-23-19-31-9-3-5-13-35(31)47(37)43)41-15-7-11-33-28-40-34(27-39(33)41)12-8-16-42(40)50-44-24-20-32-10-4-6-14-36(32)48(44)38-22-18-30(2)26-46(38)50/h3-28H,1-2H3. The molecule has 0 unspecified atom stereocenters. The van der Waals surface area contributed by atoms with E-state index in [2.05, 4.69) is 181 Å². The van der Waals surface area contributed by atoms with Gasteiger partial charge >= 0.3 is 0 Å². The van der Waals surface area contributed by atoms with E-state index in [9.17, 15) is 0 Å². The molecule has 50 heavy (non-hydrogen) atoms. The Kier molecular flexibility index (Phi) is 5.55. The van der Waals surface area contributed by atoms with Crippen molar-refractivity contribution in [2.75, 3.05) is 0 Å². The van der Waals surface area contributed by atoms with Gasteiger partial charge in [-0.15, -0.1) is 0 Å². The lowest BCUT2D eigenvalue weighted by molar-refractivity contribution is 1.19. The number of aromatic nitrogens is 2. The zero-order chi connectivity index (χ0) is 33.1. The molecule has 0 aliphatic carbocycles. The average Bonchev–Trinajstić information content (AvgIpc) is 3.65. The van der Waals surface area contributed by atoms with Crippen LogP contribution in [0.15, 0.2) is 158 Å².